The molecule has 2 saturated heterocycles. The Morgan fingerprint density at radius 2 is 1.63 bits per heavy atom. The van der Waals surface area contributed by atoms with Gasteiger partial charge in [0, 0.05) is 23.4 Å². The van der Waals surface area contributed by atoms with Gasteiger partial charge in [0.05, 0.1) is 6.61 Å². The van der Waals surface area contributed by atoms with Gasteiger partial charge in [0.2, 0.25) is 0 Å². The number of likely N-dealkylation sites (tertiary alicyclic amines) is 2. The highest BCUT2D eigenvalue weighted by molar-refractivity contribution is 7.10. The highest BCUT2D eigenvalue weighted by atomic mass is 32.1. The van der Waals surface area contributed by atoms with Crippen LogP contribution in [0.15, 0.2) is 11.4 Å². The van der Waals surface area contributed by atoms with Crippen LogP contribution in [-0.4, -0.2) is 77.4 Å². The zero-order valence-electron chi connectivity index (χ0n) is 16.0. The molecule has 7 nitrogen and oxygen atoms in total. The Bertz CT molecular complexity index is 532. The first-order valence-corrected chi connectivity index (χ1v) is 10.2. The largest absolute Gasteiger partial charge is 0.483 e. The second kappa shape index (κ2) is 12.8. The first-order chi connectivity index (χ1) is 13.0. The molecule has 0 saturated carbocycles. The molecule has 3 N–H and O–H groups in total. The second-order valence-electron chi connectivity index (χ2n) is 7.16. The van der Waals surface area contributed by atoms with Crippen molar-refractivity contribution in [1.29, 1.82) is 0 Å². The third-order valence-corrected chi connectivity index (χ3v) is 6.35. The molecule has 0 aromatic carbocycles. The van der Waals surface area contributed by atoms with Crippen molar-refractivity contribution in [3.63, 3.8) is 0 Å². The van der Waals surface area contributed by atoms with Crippen LogP contribution in [0.2, 0.25) is 0 Å². The number of hydrogen-bond acceptors (Lipinski definition) is 6. The lowest BCUT2D eigenvalue weighted by molar-refractivity contribution is -0.123. The minimum absolute atomic E-state index is 0.158. The Morgan fingerprint density at radius 1 is 1.07 bits per heavy atom. The number of piperidine rings is 1. The number of hydrogen-bond donors (Lipinski definition) is 3. The van der Waals surface area contributed by atoms with Crippen LogP contribution in [0.25, 0.3) is 0 Å². The number of rotatable bonds is 5. The number of aryl methyl sites for hydroxylation is 1. The molecule has 0 radical (unpaired) electrons. The van der Waals surface area contributed by atoms with Crippen molar-refractivity contribution in [3.8, 4) is 0 Å². The summed E-state index contributed by atoms with van der Waals surface area (Å²) in [6.45, 7) is 9.00. The summed E-state index contributed by atoms with van der Waals surface area (Å²) in [5.41, 5.74) is 1.58. The summed E-state index contributed by atoms with van der Waals surface area (Å²) in [6.07, 6.45) is 4.96. The van der Waals surface area contributed by atoms with E-state index in [-0.39, 0.29) is 18.4 Å². The smallest absolute Gasteiger partial charge is 0.290 e. The van der Waals surface area contributed by atoms with Crippen LogP contribution in [0.1, 0.15) is 36.1 Å². The van der Waals surface area contributed by atoms with Crippen molar-refractivity contribution in [2.45, 2.75) is 39.2 Å². The van der Waals surface area contributed by atoms with Crippen LogP contribution in [0.4, 0.5) is 0 Å². The fourth-order valence-corrected chi connectivity index (χ4v) is 4.68. The SMILES string of the molecule is Cc1ccsc1CN1CCC(CO)(CN2CCCC2)CC1.O=CO.O=CO. The van der Waals surface area contributed by atoms with Gasteiger partial charge in [-0.1, -0.05) is 0 Å². The van der Waals surface area contributed by atoms with E-state index in [0.717, 1.165) is 39.0 Å². The number of thiophene rings is 1. The van der Waals surface area contributed by atoms with E-state index in [0.29, 0.717) is 6.61 Å². The molecule has 1 aromatic heterocycles. The molecule has 3 heterocycles. The molecular weight excluding hydrogens is 368 g/mol. The summed E-state index contributed by atoms with van der Waals surface area (Å²) in [4.78, 5) is 23.4. The molecule has 0 atom stereocenters. The molecular formula is C19H32N2O5S. The molecule has 0 unspecified atom stereocenters. The number of carboxylic acid groups (broad SMARTS) is 2. The van der Waals surface area contributed by atoms with Gasteiger partial charge in [0.1, 0.15) is 0 Å². The molecule has 1 aromatic rings. The number of aliphatic hydroxyl groups excluding tert-OH is 1. The van der Waals surface area contributed by atoms with Crippen molar-refractivity contribution < 1.29 is 24.9 Å². The molecule has 2 aliphatic heterocycles. The Kier molecular flexibility index (Phi) is 11.2. The summed E-state index contributed by atoms with van der Waals surface area (Å²) in [5, 5.41) is 25.9. The molecule has 0 bridgehead atoms. The van der Waals surface area contributed by atoms with E-state index < -0.39 is 0 Å². The summed E-state index contributed by atoms with van der Waals surface area (Å²) in [6, 6.07) is 2.22. The second-order valence-corrected chi connectivity index (χ2v) is 8.16. The predicted octanol–water partition coefficient (Wildman–Crippen LogP) is 2.13. The van der Waals surface area contributed by atoms with Crippen LogP contribution < -0.4 is 0 Å². The van der Waals surface area contributed by atoms with Gasteiger partial charge in [-0.2, -0.15) is 0 Å². The lowest BCUT2D eigenvalue weighted by Gasteiger charge is -2.42. The van der Waals surface area contributed by atoms with Crippen molar-refractivity contribution >= 4 is 24.3 Å². The molecule has 8 heteroatoms. The monoisotopic (exact) mass is 400 g/mol. The minimum atomic E-state index is -0.250. The van der Waals surface area contributed by atoms with E-state index in [4.69, 9.17) is 19.8 Å². The van der Waals surface area contributed by atoms with Gasteiger partial charge in [-0.3, -0.25) is 14.5 Å². The molecule has 0 amide bonds. The normalized spacial score (nSPS) is 19.3. The fraction of sp³-hybridized carbons (Fsp3) is 0.684. The maximum absolute atomic E-state index is 9.95. The lowest BCUT2D eigenvalue weighted by Crippen LogP contribution is -2.47. The van der Waals surface area contributed by atoms with Crippen molar-refractivity contribution in [3.05, 3.63) is 21.9 Å². The Morgan fingerprint density at radius 3 is 2.07 bits per heavy atom. The highest BCUT2D eigenvalue weighted by Crippen LogP contribution is 2.34. The van der Waals surface area contributed by atoms with Gasteiger partial charge < -0.3 is 20.2 Å². The summed E-state index contributed by atoms with van der Waals surface area (Å²) >= 11 is 1.88. The number of aliphatic hydroxyl groups is 1. The van der Waals surface area contributed by atoms with Gasteiger partial charge in [0.25, 0.3) is 12.9 Å². The van der Waals surface area contributed by atoms with Gasteiger partial charge in [-0.25, -0.2) is 0 Å². The van der Waals surface area contributed by atoms with Crippen LogP contribution in [-0.2, 0) is 16.1 Å². The highest BCUT2D eigenvalue weighted by Gasteiger charge is 2.36. The van der Waals surface area contributed by atoms with Gasteiger partial charge in [-0.05, 0) is 75.8 Å². The third-order valence-electron chi connectivity index (χ3n) is 5.35. The van der Waals surface area contributed by atoms with Crippen LogP contribution >= 0.6 is 11.3 Å². The molecule has 0 spiro atoms. The summed E-state index contributed by atoms with van der Waals surface area (Å²) in [7, 11) is 0. The van der Waals surface area contributed by atoms with Crippen LogP contribution in [0.5, 0.6) is 0 Å². The average Bonchev–Trinajstić information content (AvgIpc) is 3.30. The molecule has 154 valence electrons. The fourth-order valence-electron chi connectivity index (χ4n) is 3.74. The first kappa shape index (κ1) is 23.6. The van der Waals surface area contributed by atoms with Crippen LogP contribution in [0, 0.1) is 12.3 Å². The summed E-state index contributed by atoms with van der Waals surface area (Å²) in [5.74, 6) is 0. The quantitative estimate of drug-likeness (QED) is 0.651. The van der Waals surface area contributed by atoms with Gasteiger partial charge in [0.15, 0.2) is 0 Å². The van der Waals surface area contributed by atoms with Gasteiger partial charge >= 0.3 is 0 Å². The van der Waals surface area contributed by atoms with E-state index in [9.17, 15) is 5.11 Å². The maximum Gasteiger partial charge on any atom is 0.290 e. The van der Waals surface area contributed by atoms with E-state index in [1.807, 2.05) is 11.3 Å². The molecule has 3 rings (SSSR count). The Balaban J connectivity index is 0.000000540. The zero-order valence-corrected chi connectivity index (χ0v) is 16.9. The third kappa shape index (κ3) is 7.96. The van der Waals surface area contributed by atoms with Gasteiger partial charge in [-0.15, -0.1) is 11.3 Å². The standard InChI is InChI=1S/C17H28N2OS.2CH2O2/c1-15-4-11-21-16(15)12-18-9-5-17(14-20,6-10-18)13-19-7-2-3-8-19;2*2-1-3/h4,11,20H,2-3,5-10,12-14H2,1H3;2*1H,(H,2,3). The maximum atomic E-state index is 9.95. The molecule has 2 aliphatic rings. The van der Waals surface area contributed by atoms with Crippen molar-refractivity contribution in [1.82, 2.24) is 9.80 Å². The number of carbonyl (C=O) groups is 2. The molecule has 2 fully saturated rings. The van der Waals surface area contributed by atoms with Crippen LogP contribution in [0.3, 0.4) is 0 Å². The van der Waals surface area contributed by atoms with Crippen molar-refractivity contribution in [2.24, 2.45) is 5.41 Å². The first-order valence-electron chi connectivity index (χ1n) is 9.28. The predicted molar refractivity (Wildman–Crippen MR) is 106 cm³/mol. The Labute approximate surface area is 165 Å². The van der Waals surface area contributed by atoms with E-state index in [1.165, 1.54) is 36.4 Å². The topological polar surface area (TPSA) is 101 Å². The van der Waals surface area contributed by atoms with E-state index in [1.54, 1.807) is 0 Å². The van der Waals surface area contributed by atoms with E-state index >= 15 is 0 Å². The van der Waals surface area contributed by atoms with Crippen molar-refractivity contribution in [2.75, 3.05) is 39.3 Å². The lowest BCUT2D eigenvalue weighted by atomic mass is 9.78. The average molecular weight is 401 g/mol. The number of nitrogens with zero attached hydrogens (tertiary/aromatic N) is 2. The summed E-state index contributed by atoms with van der Waals surface area (Å²) < 4.78 is 0. The molecule has 27 heavy (non-hydrogen) atoms. The Hall–Kier alpha value is -1.48. The zero-order chi connectivity index (χ0) is 20.1. The minimum Gasteiger partial charge on any atom is -0.483 e. The van der Waals surface area contributed by atoms with E-state index in [2.05, 4.69) is 28.2 Å². The molecule has 0 aliphatic carbocycles.